The van der Waals surface area contributed by atoms with E-state index in [1.165, 1.54) is 0 Å². The van der Waals surface area contributed by atoms with Crippen molar-refractivity contribution in [3.8, 4) is 17.4 Å². The highest BCUT2D eigenvalue weighted by Crippen LogP contribution is 2.30. The molecular formula is C16H21N3O2. The topological polar surface area (TPSA) is 56.3 Å². The molecule has 112 valence electrons. The first-order valence-corrected chi connectivity index (χ1v) is 7.24. The van der Waals surface area contributed by atoms with Crippen molar-refractivity contribution >= 4 is 0 Å². The van der Waals surface area contributed by atoms with Gasteiger partial charge in [-0.2, -0.15) is 0 Å². The number of para-hydroxylation sites is 2. The van der Waals surface area contributed by atoms with Crippen molar-refractivity contribution < 1.29 is 9.47 Å². The van der Waals surface area contributed by atoms with Crippen molar-refractivity contribution in [3.63, 3.8) is 0 Å². The second-order valence-corrected chi connectivity index (χ2v) is 4.53. The summed E-state index contributed by atoms with van der Waals surface area (Å²) >= 11 is 0. The number of benzene rings is 1. The molecule has 0 saturated heterocycles. The highest BCUT2D eigenvalue weighted by molar-refractivity contribution is 5.41. The highest BCUT2D eigenvalue weighted by atomic mass is 16.5. The molecule has 5 nitrogen and oxygen atoms in total. The number of nitrogens with one attached hydrogen (secondary N) is 1. The van der Waals surface area contributed by atoms with Gasteiger partial charge in [-0.3, -0.25) is 4.98 Å². The summed E-state index contributed by atoms with van der Waals surface area (Å²) in [6.07, 6.45) is 4.29. The summed E-state index contributed by atoms with van der Waals surface area (Å²) in [7, 11) is 0. The molecule has 5 heteroatoms. The summed E-state index contributed by atoms with van der Waals surface area (Å²) in [6.45, 7) is 6.34. The molecular weight excluding hydrogens is 266 g/mol. The van der Waals surface area contributed by atoms with E-state index in [1.54, 1.807) is 12.4 Å². The lowest BCUT2D eigenvalue weighted by Crippen LogP contribution is -2.13. The van der Waals surface area contributed by atoms with Crippen LogP contribution in [0.3, 0.4) is 0 Å². The molecule has 0 bridgehead atoms. The molecule has 2 rings (SSSR count). The average Bonchev–Trinajstić information content (AvgIpc) is 2.52. The first-order valence-electron chi connectivity index (χ1n) is 7.24. The Morgan fingerprint density at radius 1 is 1.10 bits per heavy atom. The fourth-order valence-electron chi connectivity index (χ4n) is 1.75. The third kappa shape index (κ3) is 4.72. The quantitative estimate of drug-likeness (QED) is 0.808. The predicted molar refractivity (Wildman–Crippen MR) is 81.7 cm³/mol. The van der Waals surface area contributed by atoms with E-state index in [9.17, 15) is 0 Å². The van der Waals surface area contributed by atoms with Crippen LogP contribution in [0.4, 0.5) is 0 Å². The molecule has 2 aromatic rings. The number of aromatic nitrogens is 2. The van der Waals surface area contributed by atoms with Crippen molar-refractivity contribution in [1.82, 2.24) is 15.3 Å². The molecule has 1 N–H and O–H groups in total. The van der Waals surface area contributed by atoms with Gasteiger partial charge in [-0.1, -0.05) is 26.0 Å². The minimum atomic E-state index is 0.470. The van der Waals surface area contributed by atoms with E-state index in [0.29, 0.717) is 24.8 Å². The Bertz CT molecular complexity index is 561. The SMILES string of the molecule is CCCOc1ccccc1Oc1cncc(CNCC)n1. The minimum Gasteiger partial charge on any atom is -0.490 e. The minimum absolute atomic E-state index is 0.470. The zero-order valence-electron chi connectivity index (χ0n) is 12.5. The standard InChI is InChI=1S/C16H21N3O2/c1-3-9-20-14-7-5-6-8-15(14)21-16-12-18-11-13(19-16)10-17-4-2/h5-8,11-12,17H,3-4,9-10H2,1-2H3. The van der Waals surface area contributed by atoms with Crippen molar-refractivity contribution in [2.24, 2.45) is 0 Å². The molecule has 21 heavy (non-hydrogen) atoms. The van der Waals surface area contributed by atoms with Crippen LogP contribution in [0, 0.1) is 0 Å². The Hall–Kier alpha value is -2.14. The van der Waals surface area contributed by atoms with E-state index in [1.807, 2.05) is 24.3 Å². The molecule has 0 aliphatic carbocycles. The largest absolute Gasteiger partial charge is 0.490 e. The van der Waals surface area contributed by atoms with E-state index in [0.717, 1.165) is 24.4 Å². The summed E-state index contributed by atoms with van der Waals surface area (Å²) in [5, 5.41) is 3.21. The molecule has 0 atom stereocenters. The Morgan fingerprint density at radius 3 is 2.67 bits per heavy atom. The molecule has 0 aliphatic heterocycles. The molecule has 0 amide bonds. The Morgan fingerprint density at radius 2 is 1.90 bits per heavy atom. The van der Waals surface area contributed by atoms with Gasteiger partial charge in [-0.15, -0.1) is 0 Å². The van der Waals surface area contributed by atoms with Gasteiger partial charge >= 0.3 is 0 Å². The Balaban J connectivity index is 2.10. The summed E-state index contributed by atoms with van der Waals surface area (Å²) in [5.74, 6) is 1.84. The van der Waals surface area contributed by atoms with Gasteiger partial charge in [-0.05, 0) is 25.1 Å². The maximum absolute atomic E-state index is 5.80. The maximum atomic E-state index is 5.80. The molecule has 0 radical (unpaired) electrons. The highest BCUT2D eigenvalue weighted by Gasteiger charge is 2.07. The molecule has 1 heterocycles. The Kier molecular flexibility index (Phi) is 5.97. The molecule has 0 fully saturated rings. The van der Waals surface area contributed by atoms with Gasteiger partial charge in [0.25, 0.3) is 0 Å². The van der Waals surface area contributed by atoms with E-state index in [4.69, 9.17) is 9.47 Å². The van der Waals surface area contributed by atoms with Gasteiger partial charge < -0.3 is 14.8 Å². The van der Waals surface area contributed by atoms with Gasteiger partial charge in [0.1, 0.15) is 0 Å². The third-order valence-electron chi connectivity index (χ3n) is 2.74. The normalized spacial score (nSPS) is 10.4. The van der Waals surface area contributed by atoms with Gasteiger partial charge in [0.15, 0.2) is 11.5 Å². The zero-order valence-corrected chi connectivity index (χ0v) is 12.5. The number of nitrogens with zero attached hydrogens (tertiary/aromatic N) is 2. The van der Waals surface area contributed by atoms with Crippen LogP contribution in [0.25, 0.3) is 0 Å². The second kappa shape index (κ2) is 8.21. The van der Waals surface area contributed by atoms with Crippen molar-refractivity contribution in [2.75, 3.05) is 13.2 Å². The van der Waals surface area contributed by atoms with Crippen molar-refractivity contribution in [2.45, 2.75) is 26.8 Å². The van der Waals surface area contributed by atoms with Gasteiger partial charge in [0.2, 0.25) is 5.88 Å². The lowest BCUT2D eigenvalue weighted by Gasteiger charge is -2.11. The average molecular weight is 287 g/mol. The van der Waals surface area contributed by atoms with Crippen LogP contribution in [0.1, 0.15) is 26.0 Å². The van der Waals surface area contributed by atoms with Crippen LogP contribution < -0.4 is 14.8 Å². The van der Waals surface area contributed by atoms with Gasteiger partial charge in [0, 0.05) is 12.7 Å². The summed E-state index contributed by atoms with van der Waals surface area (Å²) in [4.78, 5) is 8.58. The van der Waals surface area contributed by atoms with Crippen LogP contribution in [-0.4, -0.2) is 23.1 Å². The number of hydrogen-bond acceptors (Lipinski definition) is 5. The van der Waals surface area contributed by atoms with Gasteiger partial charge in [0.05, 0.1) is 18.5 Å². The molecule has 1 aromatic carbocycles. The molecule has 0 spiro atoms. The van der Waals surface area contributed by atoms with E-state index < -0.39 is 0 Å². The van der Waals surface area contributed by atoms with E-state index in [-0.39, 0.29) is 0 Å². The van der Waals surface area contributed by atoms with Crippen LogP contribution in [0.2, 0.25) is 0 Å². The lowest BCUT2D eigenvalue weighted by atomic mass is 10.3. The van der Waals surface area contributed by atoms with E-state index in [2.05, 4.69) is 29.1 Å². The van der Waals surface area contributed by atoms with Crippen LogP contribution in [0.5, 0.6) is 17.4 Å². The summed E-state index contributed by atoms with van der Waals surface area (Å²) < 4.78 is 11.5. The first-order chi connectivity index (χ1) is 10.3. The van der Waals surface area contributed by atoms with Crippen molar-refractivity contribution in [3.05, 3.63) is 42.4 Å². The molecule has 0 saturated carbocycles. The predicted octanol–water partition coefficient (Wildman–Crippen LogP) is 3.17. The zero-order chi connectivity index (χ0) is 14.9. The lowest BCUT2D eigenvalue weighted by molar-refractivity contribution is 0.300. The van der Waals surface area contributed by atoms with Gasteiger partial charge in [-0.25, -0.2) is 4.98 Å². The van der Waals surface area contributed by atoms with Crippen LogP contribution in [-0.2, 0) is 6.54 Å². The molecule has 0 unspecified atom stereocenters. The maximum Gasteiger partial charge on any atom is 0.238 e. The smallest absolute Gasteiger partial charge is 0.238 e. The Labute approximate surface area is 125 Å². The summed E-state index contributed by atoms with van der Waals surface area (Å²) in [6, 6.07) is 7.58. The fourth-order valence-corrected chi connectivity index (χ4v) is 1.75. The van der Waals surface area contributed by atoms with Crippen LogP contribution in [0.15, 0.2) is 36.7 Å². The first kappa shape index (κ1) is 15.3. The molecule has 1 aromatic heterocycles. The summed E-state index contributed by atoms with van der Waals surface area (Å²) in [5.41, 5.74) is 0.848. The second-order valence-electron chi connectivity index (χ2n) is 4.53. The number of hydrogen-bond donors (Lipinski definition) is 1. The number of ether oxygens (including phenoxy) is 2. The third-order valence-corrected chi connectivity index (χ3v) is 2.74. The van der Waals surface area contributed by atoms with Crippen LogP contribution >= 0.6 is 0 Å². The van der Waals surface area contributed by atoms with E-state index >= 15 is 0 Å². The molecule has 0 aliphatic rings. The van der Waals surface area contributed by atoms with Crippen molar-refractivity contribution in [1.29, 1.82) is 0 Å². The monoisotopic (exact) mass is 287 g/mol. The number of rotatable bonds is 8. The fraction of sp³-hybridized carbons (Fsp3) is 0.375.